The second-order valence-corrected chi connectivity index (χ2v) is 6.38. The molecule has 7 heteroatoms. The number of aromatic nitrogens is 3. The van der Waals surface area contributed by atoms with Crippen LogP contribution in [0.5, 0.6) is 0 Å². The van der Waals surface area contributed by atoms with Crippen LogP contribution in [0.15, 0.2) is 59.6 Å². The van der Waals surface area contributed by atoms with Crippen molar-refractivity contribution >= 4 is 5.91 Å². The van der Waals surface area contributed by atoms with E-state index in [1.165, 1.54) is 0 Å². The summed E-state index contributed by atoms with van der Waals surface area (Å²) in [5.74, 6) is 0.554. The fraction of sp³-hybridized carbons (Fsp3) is 0.316. The smallest absolute Gasteiger partial charge is 0.276 e. The van der Waals surface area contributed by atoms with Crippen LogP contribution in [0.4, 0.5) is 0 Å². The summed E-state index contributed by atoms with van der Waals surface area (Å²) in [5.41, 5.74) is 1.29. The molecule has 1 fully saturated rings. The maximum atomic E-state index is 12.7. The highest BCUT2D eigenvalue weighted by molar-refractivity contribution is 5.93. The Kier molecular flexibility index (Phi) is 4.79. The van der Waals surface area contributed by atoms with E-state index in [0.717, 1.165) is 31.7 Å². The van der Waals surface area contributed by atoms with Crippen LogP contribution in [0, 0.1) is 0 Å². The van der Waals surface area contributed by atoms with Crippen LogP contribution in [-0.2, 0) is 6.54 Å². The summed E-state index contributed by atoms with van der Waals surface area (Å²) in [6, 6.07) is 11.4. The largest absolute Gasteiger partial charge is 0.355 e. The molecule has 0 N–H and O–H groups in total. The van der Waals surface area contributed by atoms with Crippen LogP contribution in [0.1, 0.15) is 10.5 Å². The number of benzene rings is 1. The molecule has 0 radical (unpaired) electrons. The molecular weight excluding hydrogens is 330 g/mol. The summed E-state index contributed by atoms with van der Waals surface area (Å²) >= 11 is 0. The lowest BCUT2D eigenvalue weighted by molar-refractivity contribution is 0.0623. The molecule has 3 heterocycles. The number of rotatable bonds is 5. The van der Waals surface area contributed by atoms with Gasteiger partial charge in [0.15, 0.2) is 11.5 Å². The van der Waals surface area contributed by atoms with Gasteiger partial charge in [-0.1, -0.05) is 35.5 Å². The predicted molar refractivity (Wildman–Crippen MR) is 96.5 cm³/mol. The van der Waals surface area contributed by atoms with Gasteiger partial charge in [0.2, 0.25) is 0 Å². The lowest BCUT2D eigenvalue weighted by atomic mass is 10.1. The van der Waals surface area contributed by atoms with Crippen molar-refractivity contribution in [1.82, 2.24) is 24.5 Å². The Bertz CT molecular complexity index is 836. The molecule has 7 nitrogen and oxygen atoms in total. The van der Waals surface area contributed by atoms with E-state index < -0.39 is 0 Å². The number of piperazine rings is 1. The summed E-state index contributed by atoms with van der Waals surface area (Å²) in [5, 5.41) is 3.97. The minimum Gasteiger partial charge on any atom is -0.355 e. The fourth-order valence-corrected chi connectivity index (χ4v) is 3.13. The van der Waals surface area contributed by atoms with Crippen molar-refractivity contribution < 1.29 is 9.32 Å². The lowest BCUT2D eigenvalue weighted by Crippen LogP contribution is -2.49. The molecule has 3 aromatic rings. The van der Waals surface area contributed by atoms with Crippen molar-refractivity contribution in [2.24, 2.45) is 0 Å². The molecule has 2 aromatic heterocycles. The molecule has 1 aliphatic rings. The van der Waals surface area contributed by atoms with Crippen molar-refractivity contribution in [2.75, 3.05) is 32.7 Å². The highest BCUT2D eigenvalue weighted by Gasteiger charge is 2.24. The van der Waals surface area contributed by atoms with E-state index >= 15 is 0 Å². The molecule has 0 spiro atoms. The zero-order valence-electron chi connectivity index (χ0n) is 14.5. The molecule has 0 aliphatic carbocycles. The first-order valence-corrected chi connectivity index (χ1v) is 8.79. The minimum atomic E-state index is -0.0646. The molecule has 0 unspecified atom stereocenters. The van der Waals surface area contributed by atoms with Crippen molar-refractivity contribution in [3.8, 4) is 11.3 Å². The minimum absolute atomic E-state index is 0.0646. The molecule has 4 rings (SSSR count). The highest BCUT2D eigenvalue weighted by Crippen LogP contribution is 2.20. The highest BCUT2D eigenvalue weighted by atomic mass is 16.5. The van der Waals surface area contributed by atoms with Crippen molar-refractivity contribution in [1.29, 1.82) is 0 Å². The topological polar surface area (TPSA) is 67.4 Å². The molecule has 1 aliphatic heterocycles. The normalized spacial score (nSPS) is 15.3. The van der Waals surface area contributed by atoms with Gasteiger partial charge in [0.1, 0.15) is 0 Å². The molecule has 0 bridgehead atoms. The molecular formula is C19H21N5O2. The van der Waals surface area contributed by atoms with Gasteiger partial charge in [0.05, 0.1) is 6.33 Å². The Morgan fingerprint density at radius 3 is 2.62 bits per heavy atom. The third-order valence-corrected chi connectivity index (χ3v) is 4.68. The monoisotopic (exact) mass is 351 g/mol. The molecule has 0 saturated carbocycles. The van der Waals surface area contributed by atoms with E-state index in [0.29, 0.717) is 24.5 Å². The Morgan fingerprint density at radius 2 is 1.88 bits per heavy atom. The molecule has 0 atom stereocenters. The number of amides is 1. The first-order valence-electron chi connectivity index (χ1n) is 8.79. The van der Waals surface area contributed by atoms with Crippen LogP contribution in [-0.4, -0.2) is 63.1 Å². The third kappa shape index (κ3) is 3.67. The molecule has 1 aromatic carbocycles. The Balaban J connectivity index is 1.31. The number of nitrogens with zero attached hydrogens (tertiary/aromatic N) is 5. The summed E-state index contributed by atoms with van der Waals surface area (Å²) in [6.45, 7) is 5.01. The average Bonchev–Trinajstić information content (AvgIpc) is 3.39. The molecule has 1 amide bonds. The van der Waals surface area contributed by atoms with Gasteiger partial charge in [-0.05, 0) is 0 Å². The van der Waals surface area contributed by atoms with E-state index in [2.05, 4.69) is 19.6 Å². The van der Waals surface area contributed by atoms with Crippen LogP contribution < -0.4 is 0 Å². The maximum Gasteiger partial charge on any atom is 0.276 e. The standard InChI is InChI=1S/C19H21N5O2/c25-19(17-14-18(26-21-17)16-4-2-1-3-5-16)24-12-10-22(11-13-24)8-9-23-7-6-20-15-23/h1-7,14-15H,8-13H2. The van der Waals surface area contributed by atoms with Crippen molar-refractivity contribution in [2.45, 2.75) is 6.54 Å². The summed E-state index contributed by atoms with van der Waals surface area (Å²) in [4.78, 5) is 20.9. The first-order chi connectivity index (χ1) is 12.8. The number of imidazole rings is 1. The number of hydrogen-bond donors (Lipinski definition) is 0. The average molecular weight is 351 g/mol. The van der Waals surface area contributed by atoms with Gasteiger partial charge in [0, 0.05) is 63.3 Å². The second-order valence-electron chi connectivity index (χ2n) is 6.38. The first kappa shape index (κ1) is 16.5. The Labute approximate surface area is 151 Å². The van der Waals surface area contributed by atoms with Crippen molar-refractivity contribution in [3.05, 3.63) is 60.8 Å². The summed E-state index contributed by atoms with van der Waals surface area (Å²) in [6.07, 6.45) is 5.58. The second kappa shape index (κ2) is 7.53. The van der Waals surface area contributed by atoms with Gasteiger partial charge in [-0.2, -0.15) is 0 Å². The van der Waals surface area contributed by atoms with Gasteiger partial charge in [0.25, 0.3) is 5.91 Å². The third-order valence-electron chi connectivity index (χ3n) is 4.68. The van der Waals surface area contributed by atoms with Gasteiger partial charge >= 0.3 is 0 Å². The van der Waals surface area contributed by atoms with Gasteiger partial charge in [-0.3, -0.25) is 9.69 Å². The summed E-state index contributed by atoms with van der Waals surface area (Å²) < 4.78 is 7.41. The zero-order chi connectivity index (χ0) is 17.8. The van der Waals surface area contributed by atoms with Gasteiger partial charge in [-0.25, -0.2) is 4.98 Å². The van der Waals surface area contributed by atoms with E-state index in [1.54, 1.807) is 12.3 Å². The maximum absolute atomic E-state index is 12.7. The number of hydrogen-bond acceptors (Lipinski definition) is 5. The van der Waals surface area contributed by atoms with Crippen LogP contribution in [0.3, 0.4) is 0 Å². The van der Waals surface area contributed by atoms with Crippen LogP contribution >= 0.6 is 0 Å². The van der Waals surface area contributed by atoms with Gasteiger partial charge < -0.3 is 14.0 Å². The molecule has 26 heavy (non-hydrogen) atoms. The van der Waals surface area contributed by atoms with Gasteiger partial charge in [-0.15, -0.1) is 0 Å². The Morgan fingerprint density at radius 1 is 1.08 bits per heavy atom. The van der Waals surface area contributed by atoms with Crippen LogP contribution in [0.25, 0.3) is 11.3 Å². The van der Waals surface area contributed by atoms with E-state index in [-0.39, 0.29) is 5.91 Å². The Hall–Kier alpha value is -2.93. The number of carbonyl (C=O) groups excluding carboxylic acids is 1. The SMILES string of the molecule is O=C(c1cc(-c2ccccc2)on1)N1CCN(CCn2ccnc2)CC1. The zero-order valence-corrected chi connectivity index (χ0v) is 14.5. The lowest BCUT2D eigenvalue weighted by Gasteiger charge is -2.34. The fourth-order valence-electron chi connectivity index (χ4n) is 3.13. The molecule has 134 valence electrons. The van der Waals surface area contributed by atoms with Crippen molar-refractivity contribution in [3.63, 3.8) is 0 Å². The summed E-state index contributed by atoms with van der Waals surface area (Å²) in [7, 11) is 0. The predicted octanol–water partition coefficient (Wildman–Crippen LogP) is 2.00. The van der Waals surface area contributed by atoms with E-state index in [9.17, 15) is 4.79 Å². The van der Waals surface area contributed by atoms with Crippen LogP contribution in [0.2, 0.25) is 0 Å². The quantitative estimate of drug-likeness (QED) is 0.703. The van der Waals surface area contributed by atoms with E-state index in [4.69, 9.17) is 4.52 Å². The van der Waals surface area contributed by atoms with E-state index in [1.807, 2.05) is 47.8 Å². The number of carbonyl (C=O) groups is 1. The molecule has 1 saturated heterocycles.